The van der Waals surface area contributed by atoms with Gasteiger partial charge in [0.1, 0.15) is 5.82 Å². The molecule has 0 unspecified atom stereocenters. The second kappa shape index (κ2) is 12.1. The first-order chi connectivity index (χ1) is 15.6. The zero-order chi connectivity index (χ0) is 24.4. The lowest BCUT2D eigenvalue weighted by Crippen LogP contribution is -2.36. The third-order valence-corrected chi connectivity index (χ3v) is 4.95. The third-order valence-electron chi connectivity index (χ3n) is 4.95. The molecule has 178 valence electrons. The van der Waals surface area contributed by atoms with E-state index >= 15 is 0 Å². The number of aliphatic carboxylic acids is 2. The van der Waals surface area contributed by atoms with Crippen LogP contribution in [0, 0.1) is 5.82 Å². The fourth-order valence-corrected chi connectivity index (χ4v) is 3.41. The van der Waals surface area contributed by atoms with Gasteiger partial charge in [-0.05, 0) is 30.7 Å². The molecular weight excluding hydrogens is 444 g/mol. The lowest BCUT2D eigenvalue weighted by atomic mass is 10.0. The maximum atomic E-state index is 14.0. The lowest BCUT2D eigenvalue weighted by Gasteiger charge is -2.29. The van der Waals surface area contributed by atoms with E-state index in [-0.39, 0.29) is 30.5 Å². The van der Waals surface area contributed by atoms with E-state index in [0.29, 0.717) is 24.3 Å². The summed E-state index contributed by atoms with van der Waals surface area (Å²) in [6.45, 7) is 1.93. The second-order valence-electron chi connectivity index (χ2n) is 7.31. The molecule has 1 fully saturated rings. The highest BCUT2D eigenvalue weighted by molar-refractivity contribution is 5.89. The Morgan fingerprint density at radius 3 is 2.03 bits per heavy atom. The molecule has 3 rings (SSSR count). The molecule has 1 aliphatic heterocycles. The van der Waals surface area contributed by atoms with Crippen LogP contribution in [0.4, 0.5) is 17.6 Å². The van der Waals surface area contributed by atoms with Crippen LogP contribution in [-0.4, -0.2) is 46.2 Å². The molecule has 2 aromatic rings. The average Bonchev–Trinajstić information content (AvgIpc) is 3.28. The van der Waals surface area contributed by atoms with Gasteiger partial charge >= 0.3 is 18.1 Å². The van der Waals surface area contributed by atoms with Gasteiger partial charge in [0, 0.05) is 43.4 Å². The van der Waals surface area contributed by atoms with Crippen LogP contribution in [0.15, 0.2) is 60.7 Å². The molecular formula is C23H24F4N2O4. The Bertz CT molecular complexity index is 957. The summed E-state index contributed by atoms with van der Waals surface area (Å²) in [6, 6.07) is 12.1. The van der Waals surface area contributed by atoms with Gasteiger partial charge < -0.3 is 15.5 Å². The molecule has 0 saturated carbocycles. The summed E-state index contributed by atoms with van der Waals surface area (Å²) in [6.07, 6.45) is -2.44. The quantitative estimate of drug-likeness (QED) is 0.422. The van der Waals surface area contributed by atoms with E-state index in [1.807, 2.05) is 4.90 Å². The predicted octanol–water partition coefficient (Wildman–Crippen LogP) is 3.92. The van der Waals surface area contributed by atoms with Gasteiger partial charge in [-0.1, -0.05) is 36.4 Å². The van der Waals surface area contributed by atoms with Crippen molar-refractivity contribution in [3.05, 3.63) is 83.2 Å². The molecule has 0 aliphatic carbocycles. The molecule has 0 bridgehead atoms. The molecule has 33 heavy (non-hydrogen) atoms. The van der Waals surface area contributed by atoms with Crippen LogP contribution in [-0.2, 0) is 28.9 Å². The summed E-state index contributed by atoms with van der Waals surface area (Å²) in [7, 11) is 0. The number of alkyl halides is 3. The highest BCUT2D eigenvalue weighted by Gasteiger charge is 2.34. The van der Waals surface area contributed by atoms with Crippen molar-refractivity contribution in [3.8, 4) is 0 Å². The lowest BCUT2D eigenvalue weighted by molar-refractivity contribution is -0.138. The molecule has 3 N–H and O–H groups in total. The van der Waals surface area contributed by atoms with Gasteiger partial charge in [0.15, 0.2) is 0 Å². The zero-order valence-electron chi connectivity index (χ0n) is 17.6. The van der Waals surface area contributed by atoms with Crippen molar-refractivity contribution in [1.82, 2.24) is 10.2 Å². The van der Waals surface area contributed by atoms with Crippen LogP contribution in [0.5, 0.6) is 0 Å². The third kappa shape index (κ3) is 8.66. The topological polar surface area (TPSA) is 89.9 Å². The Balaban J connectivity index is 0.000000414. The summed E-state index contributed by atoms with van der Waals surface area (Å²) in [5, 5.41) is 18.9. The highest BCUT2D eigenvalue weighted by Crippen LogP contribution is 2.33. The summed E-state index contributed by atoms with van der Waals surface area (Å²) >= 11 is 0. The van der Waals surface area contributed by atoms with Gasteiger partial charge in [0.05, 0.1) is 5.56 Å². The Kier molecular flexibility index (Phi) is 9.56. The van der Waals surface area contributed by atoms with Crippen LogP contribution in [0.2, 0.25) is 0 Å². The van der Waals surface area contributed by atoms with Gasteiger partial charge in [0.2, 0.25) is 0 Å². The van der Waals surface area contributed by atoms with Crippen LogP contribution in [0.25, 0.3) is 0 Å². The minimum atomic E-state index is -4.39. The predicted molar refractivity (Wildman–Crippen MR) is 113 cm³/mol. The fraction of sp³-hybridized carbons (Fsp3) is 0.304. The Morgan fingerprint density at radius 2 is 1.52 bits per heavy atom. The molecule has 0 radical (unpaired) electrons. The molecule has 1 aliphatic rings. The van der Waals surface area contributed by atoms with Crippen molar-refractivity contribution in [3.63, 3.8) is 0 Å². The molecule has 1 atom stereocenters. The van der Waals surface area contributed by atoms with Crippen molar-refractivity contribution >= 4 is 11.9 Å². The molecule has 10 heteroatoms. The second-order valence-corrected chi connectivity index (χ2v) is 7.31. The van der Waals surface area contributed by atoms with Crippen LogP contribution in [0.3, 0.4) is 0 Å². The number of benzene rings is 2. The number of carbonyl (C=O) groups is 2. The van der Waals surface area contributed by atoms with Gasteiger partial charge in [0.25, 0.3) is 0 Å². The van der Waals surface area contributed by atoms with Crippen molar-refractivity contribution in [2.75, 3.05) is 13.1 Å². The normalized spacial score (nSPS) is 16.0. The number of rotatable bonds is 7. The first-order valence-electron chi connectivity index (χ1n) is 10.0. The molecule has 2 aromatic carbocycles. The largest absolute Gasteiger partial charge is 0.478 e. The summed E-state index contributed by atoms with van der Waals surface area (Å²) in [5.41, 5.74) is 0.0941. The molecule has 6 nitrogen and oxygen atoms in total. The van der Waals surface area contributed by atoms with Crippen molar-refractivity contribution < 1.29 is 37.4 Å². The Morgan fingerprint density at radius 1 is 0.970 bits per heavy atom. The SMILES string of the molecule is Fc1ccccc1CN(Cc1ccccc1C(F)(F)F)[C@H]1CCNC1.O=C(O)/C=C/C(=O)O. The molecule has 1 saturated heterocycles. The fourth-order valence-electron chi connectivity index (χ4n) is 3.41. The van der Waals surface area contributed by atoms with E-state index in [0.717, 1.165) is 19.0 Å². The van der Waals surface area contributed by atoms with E-state index in [9.17, 15) is 27.2 Å². The van der Waals surface area contributed by atoms with Crippen molar-refractivity contribution in [2.45, 2.75) is 31.7 Å². The smallest absolute Gasteiger partial charge is 0.416 e. The Hall–Kier alpha value is -3.24. The maximum absolute atomic E-state index is 14.0. The molecule has 0 spiro atoms. The van der Waals surface area contributed by atoms with Crippen molar-refractivity contribution in [1.29, 1.82) is 0 Å². The van der Waals surface area contributed by atoms with E-state index in [1.165, 1.54) is 18.2 Å². The number of hydrogen-bond donors (Lipinski definition) is 3. The molecule has 0 aromatic heterocycles. The summed E-state index contributed by atoms with van der Waals surface area (Å²) < 4.78 is 53.9. The average molecular weight is 468 g/mol. The molecule has 1 heterocycles. The number of carboxylic acid groups (broad SMARTS) is 2. The number of carboxylic acids is 2. The number of nitrogens with one attached hydrogen (secondary N) is 1. The van der Waals surface area contributed by atoms with E-state index in [2.05, 4.69) is 5.32 Å². The Labute approximate surface area is 188 Å². The summed E-state index contributed by atoms with van der Waals surface area (Å²) in [5.74, 6) is -2.85. The summed E-state index contributed by atoms with van der Waals surface area (Å²) in [4.78, 5) is 21.0. The van der Waals surface area contributed by atoms with Crippen molar-refractivity contribution in [2.24, 2.45) is 0 Å². The van der Waals surface area contributed by atoms with Gasteiger partial charge in [-0.15, -0.1) is 0 Å². The van der Waals surface area contributed by atoms with Crippen LogP contribution >= 0.6 is 0 Å². The van der Waals surface area contributed by atoms with Gasteiger partial charge in [-0.25, -0.2) is 14.0 Å². The number of nitrogens with zero attached hydrogens (tertiary/aromatic N) is 1. The zero-order valence-corrected chi connectivity index (χ0v) is 17.6. The first kappa shape index (κ1) is 26.0. The monoisotopic (exact) mass is 468 g/mol. The standard InChI is InChI=1S/C19H20F4N2.C4H4O4/c20-18-8-4-2-6-15(18)13-25(16-9-10-24-11-16)12-14-5-1-3-7-17(14)19(21,22)23;5-3(6)1-2-4(7)8/h1-8,16,24H,9-13H2;1-2H,(H,5,6)(H,7,8)/b;2-1+/t16-;/m0./s1. The molecule has 0 amide bonds. The minimum absolute atomic E-state index is 0.0842. The van der Waals surface area contributed by atoms with E-state index < -0.39 is 23.7 Å². The maximum Gasteiger partial charge on any atom is 0.416 e. The van der Waals surface area contributed by atoms with Gasteiger partial charge in [-0.3, -0.25) is 4.90 Å². The number of hydrogen-bond acceptors (Lipinski definition) is 4. The van der Waals surface area contributed by atoms with Crippen LogP contribution in [0.1, 0.15) is 23.1 Å². The number of halogens is 4. The van der Waals surface area contributed by atoms with E-state index in [1.54, 1.807) is 24.3 Å². The van der Waals surface area contributed by atoms with Crippen LogP contribution < -0.4 is 5.32 Å². The van der Waals surface area contributed by atoms with Gasteiger partial charge in [-0.2, -0.15) is 13.2 Å². The minimum Gasteiger partial charge on any atom is -0.478 e. The van der Waals surface area contributed by atoms with E-state index in [4.69, 9.17) is 10.2 Å². The first-order valence-corrected chi connectivity index (χ1v) is 10.0. The highest BCUT2D eigenvalue weighted by atomic mass is 19.4.